The average molecular weight is 368 g/mol. The second kappa shape index (κ2) is 8.70. The van der Waals surface area contributed by atoms with Gasteiger partial charge in [-0.05, 0) is 50.8 Å². The highest BCUT2D eigenvalue weighted by atomic mass is 32.2. The number of carbonyl (C=O) groups excluding carboxylic acids is 1. The van der Waals surface area contributed by atoms with Crippen molar-refractivity contribution in [3.63, 3.8) is 0 Å². The summed E-state index contributed by atoms with van der Waals surface area (Å²) in [4.78, 5) is 14.8. The van der Waals surface area contributed by atoms with E-state index in [1.807, 2.05) is 17.0 Å². The van der Waals surface area contributed by atoms with Crippen LogP contribution in [0.5, 0.6) is 5.75 Å². The minimum Gasteiger partial charge on any atom is -0.382 e. The molecule has 0 unspecified atom stereocenters. The monoisotopic (exact) mass is 367 g/mol. The zero-order valence-electron chi connectivity index (χ0n) is 15.4. The van der Waals surface area contributed by atoms with E-state index in [9.17, 15) is 13.2 Å². The summed E-state index contributed by atoms with van der Waals surface area (Å²) in [7, 11) is -3.51. The van der Waals surface area contributed by atoms with Crippen molar-refractivity contribution in [1.29, 1.82) is 0 Å². The van der Waals surface area contributed by atoms with Crippen molar-refractivity contribution in [3.8, 4) is 5.75 Å². The standard InChI is InChI=1S/C19H29NO4S/c1-4-15(3)20(19(21)17-8-6-7-9-17)14-16-10-12-18(13-11-16)24-25(22,23)5-2/h10-13,15,17H,4-9,14H2,1-3H3/t15-/m1/s1. The van der Waals surface area contributed by atoms with Gasteiger partial charge in [0.15, 0.2) is 0 Å². The van der Waals surface area contributed by atoms with Crippen molar-refractivity contribution >= 4 is 16.0 Å². The molecule has 140 valence electrons. The smallest absolute Gasteiger partial charge is 0.308 e. The molecule has 25 heavy (non-hydrogen) atoms. The van der Waals surface area contributed by atoms with E-state index in [0.29, 0.717) is 12.3 Å². The summed E-state index contributed by atoms with van der Waals surface area (Å²) in [5.41, 5.74) is 0.980. The summed E-state index contributed by atoms with van der Waals surface area (Å²) in [6, 6.07) is 7.15. The molecule has 0 saturated heterocycles. The van der Waals surface area contributed by atoms with Gasteiger partial charge in [0.25, 0.3) is 0 Å². The quantitative estimate of drug-likeness (QED) is 0.657. The molecule has 1 saturated carbocycles. The second-order valence-electron chi connectivity index (χ2n) is 6.78. The molecule has 1 atom stereocenters. The molecule has 6 heteroatoms. The van der Waals surface area contributed by atoms with Crippen LogP contribution < -0.4 is 4.18 Å². The van der Waals surface area contributed by atoms with Gasteiger partial charge in [-0.15, -0.1) is 0 Å². The maximum atomic E-state index is 12.9. The van der Waals surface area contributed by atoms with Crippen LogP contribution in [0.2, 0.25) is 0 Å². The van der Waals surface area contributed by atoms with Crippen molar-refractivity contribution in [1.82, 2.24) is 4.90 Å². The van der Waals surface area contributed by atoms with E-state index >= 15 is 0 Å². The topological polar surface area (TPSA) is 63.7 Å². The predicted octanol–water partition coefficient (Wildman–Crippen LogP) is 3.73. The van der Waals surface area contributed by atoms with Gasteiger partial charge in [-0.1, -0.05) is 31.9 Å². The van der Waals surface area contributed by atoms with Gasteiger partial charge in [0.05, 0.1) is 5.75 Å². The Labute approximate surface area is 151 Å². The Morgan fingerprint density at radius 1 is 1.20 bits per heavy atom. The van der Waals surface area contributed by atoms with Crippen LogP contribution in [-0.2, 0) is 21.5 Å². The lowest BCUT2D eigenvalue weighted by atomic mass is 10.0. The summed E-state index contributed by atoms with van der Waals surface area (Å²) >= 11 is 0. The Kier molecular flexibility index (Phi) is 6.87. The van der Waals surface area contributed by atoms with Gasteiger partial charge in [-0.25, -0.2) is 0 Å². The molecule has 0 radical (unpaired) electrons. The summed E-state index contributed by atoms with van der Waals surface area (Å²) < 4.78 is 28.0. The Balaban J connectivity index is 2.09. The average Bonchev–Trinajstić information content (AvgIpc) is 3.14. The summed E-state index contributed by atoms with van der Waals surface area (Å²) in [6.45, 7) is 6.26. The first-order valence-corrected chi connectivity index (χ1v) is 10.8. The van der Waals surface area contributed by atoms with E-state index in [2.05, 4.69) is 13.8 Å². The fourth-order valence-corrected chi connectivity index (χ4v) is 3.65. The molecule has 0 N–H and O–H groups in total. The molecule has 0 spiro atoms. The third kappa shape index (κ3) is 5.46. The Morgan fingerprint density at radius 3 is 2.32 bits per heavy atom. The number of amides is 1. The van der Waals surface area contributed by atoms with Crippen LogP contribution in [0.15, 0.2) is 24.3 Å². The molecule has 2 rings (SSSR count). The van der Waals surface area contributed by atoms with Crippen LogP contribution in [0.4, 0.5) is 0 Å². The van der Waals surface area contributed by atoms with E-state index in [1.165, 1.54) is 0 Å². The normalized spacial score (nSPS) is 16.6. The summed E-state index contributed by atoms with van der Waals surface area (Å²) in [5.74, 6) is 0.654. The molecule has 0 aromatic heterocycles. The molecule has 1 aliphatic carbocycles. The molecular weight excluding hydrogens is 338 g/mol. The zero-order chi connectivity index (χ0) is 18.4. The van der Waals surface area contributed by atoms with Crippen molar-refractivity contribution in [2.75, 3.05) is 5.75 Å². The van der Waals surface area contributed by atoms with Gasteiger partial charge in [-0.2, -0.15) is 8.42 Å². The molecular formula is C19H29NO4S. The van der Waals surface area contributed by atoms with Crippen molar-refractivity contribution < 1.29 is 17.4 Å². The molecule has 0 bridgehead atoms. The lowest BCUT2D eigenvalue weighted by molar-refractivity contribution is -0.138. The zero-order valence-corrected chi connectivity index (χ0v) is 16.2. The largest absolute Gasteiger partial charge is 0.382 e. The molecule has 1 amide bonds. The Bertz CT molecular complexity index is 663. The lowest BCUT2D eigenvalue weighted by Gasteiger charge is -2.31. The van der Waals surface area contributed by atoms with Gasteiger partial charge in [0.2, 0.25) is 5.91 Å². The molecule has 1 aromatic rings. The van der Waals surface area contributed by atoms with Crippen LogP contribution in [0.3, 0.4) is 0 Å². The SMILES string of the molecule is CC[C@@H](C)N(Cc1ccc(OS(=O)(=O)CC)cc1)C(=O)C1CCCC1. The van der Waals surface area contributed by atoms with Crippen LogP contribution in [0, 0.1) is 5.92 Å². The first-order chi connectivity index (χ1) is 11.9. The summed E-state index contributed by atoms with van der Waals surface area (Å²) in [5, 5.41) is 0. The van der Waals surface area contributed by atoms with Crippen molar-refractivity contribution in [2.24, 2.45) is 5.92 Å². The highest BCUT2D eigenvalue weighted by Crippen LogP contribution is 2.28. The number of hydrogen-bond acceptors (Lipinski definition) is 4. The van der Waals surface area contributed by atoms with E-state index in [-0.39, 0.29) is 23.6 Å². The van der Waals surface area contributed by atoms with Crippen molar-refractivity contribution in [3.05, 3.63) is 29.8 Å². The second-order valence-corrected chi connectivity index (χ2v) is 8.64. The molecule has 0 heterocycles. The molecule has 1 aromatic carbocycles. The maximum Gasteiger partial charge on any atom is 0.308 e. The minimum atomic E-state index is -3.51. The number of rotatable bonds is 8. The minimum absolute atomic E-state index is 0.0631. The predicted molar refractivity (Wildman–Crippen MR) is 98.8 cm³/mol. The fourth-order valence-electron chi connectivity index (χ4n) is 3.13. The number of carbonyl (C=O) groups is 1. The van der Waals surface area contributed by atoms with Crippen molar-refractivity contribution in [2.45, 2.75) is 65.5 Å². The highest BCUT2D eigenvalue weighted by Gasteiger charge is 2.29. The third-order valence-electron chi connectivity index (χ3n) is 4.96. The molecule has 1 aliphatic rings. The van der Waals surface area contributed by atoms with E-state index in [0.717, 1.165) is 37.7 Å². The lowest BCUT2D eigenvalue weighted by Crippen LogP contribution is -2.40. The van der Waals surface area contributed by atoms with Gasteiger partial charge in [0.1, 0.15) is 5.75 Å². The van der Waals surface area contributed by atoms with Crippen LogP contribution in [-0.4, -0.2) is 31.0 Å². The highest BCUT2D eigenvalue weighted by molar-refractivity contribution is 7.87. The van der Waals surface area contributed by atoms with E-state index in [1.54, 1.807) is 19.1 Å². The van der Waals surface area contributed by atoms with Gasteiger partial charge in [-0.3, -0.25) is 4.79 Å². The maximum absolute atomic E-state index is 12.9. The number of benzene rings is 1. The number of hydrogen-bond donors (Lipinski definition) is 0. The van der Waals surface area contributed by atoms with Crippen LogP contribution in [0.1, 0.15) is 58.4 Å². The van der Waals surface area contributed by atoms with Gasteiger partial charge >= 0.3 is 10.1 Å². The Morgan fingerprint density at radius 2 is 1.80 bits per heavy atom. The molecule has 5 nitrogen and oxygen atoms in total. The third-order valence-corrected chi connectivity index (χ3v) is 6.12. The molecule has 1 fully saturated rings. The fraction of sp³-hybridized carbons (Fsp3) is 0.632. The Hall–Kier alpha value is -1.56. The van der Waals surface area contributed by atoms with E-state index < -0.39 is 10.1 Å². The summed E-state index contributed by atoms with van der Waals surface area (Å²) in [6.07, 6.45) is 5.18. The first kappa shape index (κ1) is 19.8. The molecule has 0 aliphatic heterocycles. The number of nitrogens with zero attached hydrogens (tertiary/aromatic N) is 1. The van der Waals surface area contributed by atoms with Crippen LogP contribution in [0.25, 0.3) is 0 Å². The van der Waals surface area contributed by atoms with Crippen LogP contribution >= 0.6 is 0 Å². The first-order valence-electron chi connectivity index (χ1n) is 9.17. The van der Waals surface area contributed by atoms with E-state index in [4.69, 9.17) is 4.18 Å². The van der Waals surface area contributed by atoms with Gasteiger partial charge in [0, 0.05) is 18.5 Å². The van der Waals surface area contributed by atoms with Gasteiger partial charge < -0.3 is 9.08 Å².